The maximum absolute atomic E-state index is 12.5. The number of piperazine rings is 1. The van der Waals surface area contributed by atoms with Crippen LogP contribution in [-0.2, 0) is 11.3 Å². The van der Waals surface area contributed by atoms with E-state index in [-0.39, 0.29) is 12.1 Å². The highest BCUT2D eigenvalue weighted by Gasteiger charge is 2.23. The molecule has 0 N–H and O–H groups in total. The monoisotopic (exact) mass is 461 g/mol. The molecule has 3 aromatic rings. The first-order valence-electron chi connectivity index (χ1n) is 11.6. The maximum atomic E-state index is 12.5. The summed E-state index contributed by atoms with van der Waals surface area (Å²) in [5, 5.41) is 0. The quantitative estimate of drug-likeness (QED) is 0.448. The van der Waals surface area contributed by atoms with Gasteiger partial charge in [0, 0.05) is 38.9 Å². The van der Waals surface area contributed by atoms with Crippen LogP contribution in [0.15, 0.2) is 66.9 Å². The van der Waals surface area contributed by atoms with Crippen molar-refractivity contribution in [1.82, 2.24) is 9.88 Å². The van der Waals surface area contributed by atoms with Crippen LogP contribution < -0.4 is 14.4 Å². The number of carbonyl (C=O) groups excluding carboxylic acids is 1. The van der Waals surface area contributed by atoms with Crippen molar-refractivity contribution in [3.63, 3.8) is 0 Å². The number of benzene rings is 2. The SMILES string of the molecule is COc1ccc(Oc2cccc(CN3CCN(c4ncccc4C(=O)OC(C)C)CC3)c2)cc1. The van der Waals surface area contributed by atoms with Crippen LogP contribution in [0, 0.1) is 0 Å². The van der Waals surface area contributed by atoms with Crippen LogP contribution in [-0.4, -0.2) is 55.2 Å². The third kappa shape index (κ3) is 6.05. The van der Waals surface area contributed by atoms with Gasteiger partial charge in [-0.2, -0.15) is 0 Å². The van der Waals surface area contributed by atoms with Gasteiger partial charge in [-0.15, -0.1) is 0 Å². The maximum Gasteiger partial charge on any atom is 0.342 e. The number of nitrogens with zero attached hydrogens (tertiary/aromatic N) is 3. The Morgan fingerprint density at radius 2 is 1.68 bits per heavy atom. The van der Waals surface area contributed by atoms with Gasteiger partial charge >= 0.3 is 5.97 Å². The van der Waals surface area contributed by atoms with Crippen LogP contribution in [0.25, 0.3) is 0 Å². The van der Waals surface area contributed by atoms with Crippen molar-refractivity contribution in [2.75, 3.05) is 38.2 Å². The molecule has 0 saturated carbocycles. The summed E-state index contributed by atoms with van der Waals surface area (Å²) in [5.74, 6) is 2.75. The number of aromatic nitrogens is 1. The van der Waals surface area contributed by atoms with Crippen LogP contribution in [0.5, 0.6) is 17.2 Å². The van der Waals surface area contributed by atoms with Gasteiger partial charge in [0.15, 0.2) is 0 Å². The second kappa shape index (κ2) is 11.0. The highest BCUT2D eigenvalue weighted by molar-refractivity contribution is 5.94. The summed E-state index contributed by atoms with van der Waals surface area (Å²) in [6.07, 6.45) is 1.56. The molecule has 0 unspecified atom stereocenters. The van der Waals surface area contributed by atoms with E-state index in [9.17, 15) is 4.79 Å². The van der Waals surface area contributed by atoms with E-state index in [0.29, 0.717) is 11.4 Å². The van der Waals surface area contributed by atoms with E-state index in [0.717, 1.165) is 50.0 Å². The molecule has 178 valence electrons. The highest BCUT2D eigenvalue weighted by atomic mass is 16.5. The summed E-state index contributed by atoms with van der Waals surface area (Å²) in [5.41, 5.74) is 1.71. The normalized spacial score (nSPS) is 14.2. The minimum atomic E-state index is -0.325. The van der Waals surface area contributed by atoms with Gasteiger partial charge in [-0.3, -0.25) is 4.90 Å². The molecule has 2 heterocycles. The molecule has 4 rings (SSSR count). The second-order valence-electron chi connectivity index (χ2n) is 8.52. The van der Waals surface area contributed by atoms with Gasteiger partial charge in [0.05, 0.1) is 13.2 Å². The van der Waals surface area contributed by atoms with Crippen LogP contribution in [0.4, 0.5) is 5.82 Å². The summed E-state index contributed by atoms with van der Waals surface area (Å²) in [6.45, 7) is 7.87. The lowest BCUT2D eigenvalue weighted by Crippen LogP contribution is -2.46. The van der Waals surface area contributed by atoms with Crippen LogP contribution >= 0.6 is 0 Å². The number of methoxy groups -OCH3 is 1. The number of ether oxygens (including phenoxy) is 3. The Morgan fingerprint density at radius 3 is 2.38 bits per heavy atom. The van der Waals surface area contributed by atoms with Crippen LogP contribution in [0.1, 0.15) is 29.8 Å². The molecule has 0 amide bonds. The number of hydrogen-bond donors (Lipinski definition) is 0. The van der Waals surface area contributed by atoms with Crippen molar-refractivity contribution in [2.24, 2.45) is 0 Å². The van der Waals surface area contributed by atoms with Crippen molar-refractivity contribution in [3.8, 4) is 17.2 Å². The average molecular weight is 462 g/mol. The fourth-order valence-corrected chi connectivity index (χ4v) is 3.95. The fraction of sp³-hybridized carbons (Fsp3) is 0.333. The van der Waals surface area contributed by atoms with Gasteiger partial charge in [0.1, 0.15) is 28.6 Å². The van der Waals surface area contributed by atoms with E-state index in [1.807, 2.05) is 50.2 Å². The smallest absolute Gasteiger partial charge is 0.342 e. The predicted molar refractivity (Wildman–Crippen MR) is 132 cm³/mol. The van der Waals surface area contributed by atoms with E-state index in [1.54, 1.807) is 25.4 Å². The minimum absolute atomic E-state index is 0.165. The first kappa shape index (κ1) is 23.6. The molecule has 1 aromatic heterocycles. The van der Waals surface area contributed by atoms with Crippen molar-refractivity contribution in [2.45, 2.75) is 26.5 Å². The molecule has 0 atom stereocenters. The summed E-state index contributed by atoms with van der Waals surface area (Å²) in [6, 6.07) is 19.3. The van der Waals surface area contributed by atoms with E-state index >= 15 is 0 Å². The first-order chi connectivity index (χ1) is 16.5. The van der Waals surface area contributed by atoms with E-state index in [2.05, 4.69) is 26.9 Å². The summed E-state index contributed by atoms with van der Waals surface area (Å²) < 4.78 is 16.6. The molecule has 0 spiro atoms. The number of rotatable bonds is 8. The van der Waals surface area contributed by atoms with Crippen molar-refractivity contribution in [3.05, 3.63) is 78.0 Å². The fourth-order valence-electron chi connectivity index (χ4n) is 3.95. The number of esters is 1. The van der Waals surface area contributed by atoms with Crippen molar-refractivity contribution in [1.29, 1.82) is 0 Å². The van der Waals surface area contributed by atoms with E-state index < -0.39 is 0 Å². The Bertz CT molecular complexity index is 1090. The zero-order chi connectivity index (χ0) is 23.9. The Hall–Kier alpha value is -3.58. The van der Waals surface area contributed by atoms with Gasteiger partial charge < -0.3 is 19.1 Å². The molecular weight excluding hydrogens is 430 g/mol. The Balaban J connectivity index is 1.35. The summed E-state index contributed by atoms with van der Waals surface area (Å²) >= 11 is 0. The Kier molecular flexibility index (Phi) is 7.65. The molecule has 0 radical (unpaired) electrons. The van der Waals surface area contributed by atoms with E-state index in [4.69, 9.17) is 14.2 Å². The van der Waals surface area contributed by atoms with Gasteiger partial charge in [0.25, 0.3) is 0 Å². The lowest BCUT2D eigenvalue weighted by atomic mass is 10.1. The average Bonchev–Trinajstić information content (AvgIpc) is 2.85. The molecule has 1 aliphatic rings. The third-order valence-electron chi connectivity index (χ3n) is 5.62. The summed E-state index contributed by atoms with van der Waals surface area (Å²) in [7, 11) is 1.65. The standard InChI is InChI=1S/C27H31N3O4/c1-20(2)33-27(31)25-8-5-13-28-26(25)30-16-14-29(15-17-30)19-21-6-4-7-24(18-21)34-23-11-9-22(32-3)10-12-23/h4-13,18,20H,14-17,19H2,1-3H3. The molecule has 2 aromatic carbocycles. The molecule has 1 aliphatic heterocycles. The molecule has 1 saturated heterocycles. The molecule has 1 fully saturated rings. The third-order valence-corrected chi connectivity index (χ3v) is 5.62. The molecule has 7 heteroatoms. The second-order valence-corrected chi connectivity index (χ2v) is 8.52. The highest BCUT2D eigenvalue weighted by Crippen LogP contribution is 2.26. The number of anilines is 1. The van der Waals surface area contributed by atoms with Crippen molar-refractivity contribution < 1.29 is 19.0 Å². The largest absolute Gasteiger partial charge is 0.497 e. The molecule has 0 aliphatic carbocycles. The van der Waals surface area contributed by atoms with Gasteiger partial charge in [-0.25, -0.2) is 9.78 Å². The number of hydrogen-bond acceptors (Lipinski definition) is 7. The van der Waals surface area contributed by atoms with Crippen molar-refractivity contribution >= 4 is 11.8 Å². The van der Waals surface area contributed by atoms with E-state index in [1.165, 1.54) is 5.56 Å². The summed E-state index contributed by atoms with van der Waals surface area (Å²) in [4.78, 5) is 21.6. The number of pyridine rings is 1. The Labute approximate surface area is 200 Å². The Morgan fingerprint density at radius 1 is 0.941 bits per heavy atom. The number of carbonyl (C=O) groups is 1. The lowest BCUT2D eigenvalue weighted by molar-refractivity contribution is 0.0378. The molecule has 34 heavy (non-hydrogen) atoms. The minimum Gasteiger partial charge on any atom is -0.497 e. The molecular formula is C27H31N3O4. The first-order valence-corrected chi connectivity index (χ1v) is 11.6. The zero-order valence-electron chi connectivity index (χ0n) is 19.9. The molecule has 0 bridgehead atoms. The van der Waals surface area contributed by atoms with Gasteiger partial charge in [-0.1, -0.05) is 12.1 Å². The zero-order valence-corrected chi connectivity index (χ0v) is 19.9. The predicted octanol–water partition coefficient (Wildman–Crippen LogP) is 4.77. The van der Waals surface area contributed by atoms with Gasteiger partial charge in [0.2, 0.25) is 0 Å². The lowest BCUT2D eigenvalue weighted by Gasteiger charge is -2.36. The van der Waals surface area contributed by atoms with Gasteiger partial charge in [-0.05, 0) is 67.9 Å². The van der Waals surface area contributed by atoms with Crippen LogP contribution in [0.3, 0.4) is 0 Å². The molecule has 7 nitrogen and oxygen atoms in total. The topological polar surface area (TPSA) is 64.1 Å². The van der Waals surface area contributed by atoms with Crippen LogP contribution in [0.2, 0.25) is 0 Å².